The lowest BCUT2D eigenvalue weighted by atomic mass is 9.92. The lowest BCUT2D eigenvalue weighted by molar-refractivity contribution is -0.187. The Kier molecular flexibility index (Phi) is 4.03. The summed E-state index contributed by atoms with van der Waals surface area (Å²) >= 11 is 0. The van der Waals surface area contributed by atoms with Gasteiger partial charge in [-0.15, -0.1) is 6.58 Å². The first-order valence-electron chi connectivity index (χ1n) is 4.60. The first-order chi connectivity index (χ1) is 6.61. The van der Waals surface area contributed by atoms with Gasteiger partial charge in [-0.05, 0) is 6.42 Å². The topological polar surface area (TPSA) is 95.9 Å². The highest BCUT2D eigenvalue weighted by Crippen LogP contribution is 2.21. The van der Waals surface area contributed by atoms with Crippen molar-refractivity contribution in [1.29, 1.82) is 0 Å². The molecule has 0 radical (unpaired) electrons. The van der Waals surface area contributed by atoms with E-state index in [9.17, 15) is 10.2 Å². The fourth-order valence-corrected chi connectivity index (χ4v) is 1.59. The van der Waals surface area contributed by atoms with Gasteiger partial charge in [0, 0.05) is 0 Å². The first kappa shape index (κ1) is 11.6. The molecular formula is C9H17NO4. The van der Waals surface area contributed by atoms with E-state index in [1.807, 2.05) is 0 Å². The highest BCUT2D eigenvalue weighted by Gasteiger charge is 2.41. The number of rotatable bonds is 3. The van der Waals surface area contributed by atoms with Crippen LogP contribution in [0, 0.1) is 0 Å². The van der Waals surface area contributed by atoms with Gasteiger partial charge < -0.3 is 25.8 Å². The molecule has 0 amide bonds. The molecule has 5 atom stereocenters. The molecule has 1 fully saturated rings. The largest absolute Gasteiger partial charge is 0.394 e. The smallest absolute Gasteiger partial charge is 0.110 e. The molecule has 1 heterocycles. The van der Waals surface area contributed by atoms with E-state index < -0.39 is 30.5 Å². The van der Waals surface area contributed by atoms with Crippen LogP contribution in [0.15, 0.2) is 12.7 Å². The molecule has 0 bridgehead atoms. The Morgan fingerprint density at radius 3 is 2.43 bits per heavy atom. The Hall–Kier alpha value is -0.460. The summed E-state index contributed by atoms with van der Waals surface area (Å²) in [7, 11) is 0. The molecule has 1 aliphatic heterocycles. The van der Waals surface area contributed by atoms with E-state index in [-0.39, 0.29) is 6.61 Å². The van der Waals surface area contributed by atoms with Crippen molar-refractivity contribution >= 4 is 0 Å². The van der Waals surface area contributed by atoms with Crippen molar-refractivity contribution in [1.82, 2.24) is 0 Å². The summed E-state index contributed by atoms with van der Waals surface area (Å²) in [5, 5.41) is 27.9. The average molecular weight is 203 g/mol. The van der Waals surface area contributed by atoms with Crippen molar-refractivity contribution in [3.8, 4) is 0 Å². The van der Waals surface area contributed by atoms with Crippen LogP contribution >= 0.6 is 0 Å². The number of aliphatic hydroxyl groups is 3. The van der Waals surface area contributed by atoms with E-state index in [0.29, 0.717) is 6.42 Å². The predicted octanol–water partition coefficient (Wildman–Crippen LogP) is -1.63. The van der Waals surface area contributed by atoms with E-state index in [4.69, 9.17) is 15.6 Å². The summed E-state index contributed by atoms with van der Waals surface area (Å²) < 4.78 is 5.31. The molecule has 5 heteroatoms. The number of hydrogen-bond donors (Lipinski definition) is 4. The van der Waals surface area contributed by atoms with E-state index in [2.05, 4.69) is 6.58 Å². The van der Waals surface area contributed by atoms with Gasteiger partial charge in [-0.25, -0.2) is 0 Å². The normalized spacial score (nSPS) is 43.6. The monoisotopic (exact) mass is 203 g/mol. The van der Waals surface area contributed by atoms with Gasteiger partial charge in [-0.1, -0.05) is 6.08 Å². The van der Waals surface area contributed by atoms with Crippen LogP contribution in [0.5, 0.6) is 0 Å². The van der Waals surface area contributed by atoms with Crippen molar-refractivity contribution in [3.05, 3.63) is 12.7 Å². The van der Waals surface area contributed by atoms with Crippen molar-refractivity contribution in [3.63, 3.8) is 0 Å². The quantitative estimate of drug-likeness (QED) is 0.413. The second-order valence-corrected chi connectivity index (χ2v) is 3.48. The van der Waals surface area contributed by atoms with Gasteiger partial charge in [0.25, 0.3) is 0 Å². The van der Waals surface area contributed by atoms with Gasteiger partial charge in [0.2, 0.25) is 0 Å². The fourth-order valence-electron chi connectivity index (χ4n) is 1.59. The Balaban J connectivity index is 2.67. The van der Waals surface area contributed by atoms with Gasteiger partial charge in [0.05, 0.1) is 18.8 Å². The lowest BCUT2D eigenvalue weighted by Gasteiger charge is -2.40. The maximum Gasteiger partial charge on any atom is 0.110 e. The Bertz CT molecular complexity index is 197. The Morgan fingerprint density at radius 1 is 1.29 bits per heavy atom. The second-order valence-electron chi connectivity index (χ2n) is 3.48. The van der Waals surface area contributed by atoms with E-state index >= 15 is 0 Å². The SMILES string of the molecule is C=CC[C@@H]1O[C@H](CO)[C@H](O)[C@H](O)[C@H]1N. The molecule has 82 valence electrons. The molecule has 0 aromatic rings. The summed E-state index contributed by atoms with van der Waals surface area (Å²) in [6.45, 7) is 3.21. The van der Waals surface area contributed by atoms with Crippen molar-refractivity contribution in [2.24, 2.45) is 5.73 Å². The summed E-state index contributed by atoms with van der Waals surface area (Å²) in [4.78, 5) is 0. The van der Waals surface area contributed by atoms with Crippen LogP contribution < -0.4 is 5.73 Å². The molecule has 0 aromatic carbocycles. The van der Waals surface area contributed by atoms with Crippen LogP contribution in [0.3, 0.4) is 0 Å². The van der Waals surface area contributed by atoms with Crippen molar-refractivity contribution in [2.75, 3.05) is 6.61 Å². The minimum absolute atomic E-state index is 0.335. The summed E-state index contributed by atoms with van der Waals surface area (Å²) in [5.74, 6) is 0. The minimum atomic E-state index is -1.13. The number of aliphatic hydroxyl groups excluding tert-OH is 3. The molecule has 1 aliphatic rings. The summed E-state index contributed by atoms with van der Waals surface area (Å²) in [6, 6.07) is -0.647. The minimum Gasteiger partial charge on any atom is -0.394 e. The van der Waals surface area contributed by atoms with Gasteiger partial charge in [0.15, 0.2) is 0 Å². The molecule has 5 N–H and O–H groups in total. The lowest BCUT2D eigenvalue weighted by Crippen LogP contribution is -2.61. The van der Waals surface area contributed by atoms with Gasteiger partial charge in [-0.2, -0.15) is 0 Å². The molecular weight excluding hydrogens is 186 g/mol. The molecule has 0 spiro atoms. The zero-order valence-electron chi connectivity index (χ0n) is 7.91. The second kappa shape index (κ2) is 4.86. The Morgan fingerprint density at radius 2 is 1.93 bits per heavy atom. The number of hydrogen-bond acceptors (Lipinski definition) is 5. The van der Waals surface area contributed by atoms with Crippen molar-refractivity contribution in [2.45, 2.75) is 36.9 Å². The van der Waals surface area contributed by atoms with E-state index in [1.165, 1.54) is 0 Å². The fraction of sp³-hybridized carbons (Fsp3) is 0.778. The maximum absolute atomic E-state index is 9.54. The molecule has 1 saturated heterocycles. The highest BCUT2D eigenvalue weighted by atomic mass is 16.5. The van der Waals surface area contributed by atoms with E-state index in [0.717, 1.165) is 0 Å². The average Bonchev–Trinajstić information content (AvgIpc) is 2.19. The molecule has 0 aliphatic carbocycles. The molecule has 5 nitrogen and oxygen atoms in total. The van der Waals surface area contributed by atoms with Gasteiger partial charge in [-0.3, -0.25) is 0 Å². The zero-order chi connectivity index (χ0) is 10.7. The third-order valence-electron chi connectivity index (χ3n) is 2.48. The van der Waals surface area contributed by atoms with E-state index in [1.54, 1.807) is 6.08 Å². The summed E-state index contributed by atoms with van der Waals surface area (Å²) in [5.41, 5.74) is 5.65. The van der Waals surface area contributed by atoms with Crippen LogP contribution in [-0.4, -0.2) is 52.4 Å². The van der Waals surface area contributed by atoms with Gasteiger partial charge >= 0.3 is 0 Å². The third kappa shape index (κ3) is 2.13. The predicted molar refractivity (Wildman–Crippen MR) is 50.5 cm³/mol. The molecule has 0 unspecified atom stereocenters. The number of nitrogens with two attached hydrogens (primary N) is 1. The Labute approximate surface area is 82.8 Å². The highest BCUT2D eigenvalue weighted by molar-refractivity contribution is 4.96. The number of ether oxygens (including phenoxy) is 1. The van der Waals surface area contributed by atoms with Crippen molar-refractivity contribution < 1.29 is 20.1 Å². The molecule has 14 heavy (non-hydrogen) atoms. The standard InChI is InChI=1S/C9H17NO4/c1-2-3-5-7(10)9(13)8(12)6(4-11)14-5/h2,5-9,11-13H,1,3-4,10H2/t5-,6+,7-,8-,9+/m0/s1. The summed E-state index contributed by atoms with van der Waals surface area (Å²) in [6.07, 6.45) is -1.25. The van der Waals surface area contributed by atoms with Gasteiger partial charge in [0.1, 0.15) is 18.3 Å². The molecule has 1 rings (SSSR count). The van der Waals surface area contributed by atoms with Crippen LogP contribution in [0.4, 0.5) is 0 Å². The van der Waals surface area contributed by atoms with Crippen LogP contribution in [0.25, 0.3) is 0 Å². The maximum atomic E-state index is 9.54. The zero-order valence-corrected chi connectivity index (χ0v) is 7.91. The third-order valence-corrected chi connectivity index (χ3v) is 2.48. The van der Waals surface area contributed by atoms with Crippen LogP contribution in [0.2, 0.25) is 0 Å². The van der Waals surface area contributed by atoms with Crippen LogP contribution in [-0.2, 0) is 4.74 Å². The first-order valence-corrected chi connectivity index (χ1v) is 4.60. The molecule has 0 saturated carbocycles. The molecule has 0 aromatic heterocycles. The van der Waals surface area contributed by atoms with Crippen LogP contribution in [0.1, 0.15) is 6.42 Å².